The van der Waals surface area contributed by atoms with E-state index >= 15 is 0 Å². The van der Waals surface area contributed by atoms with E-state index in [0.717, 1.165) is 23.2 Å². The van der Waals surface area contributed by atoms with Crippen molar-refractivity contribution in [3.8, 4) is 0 Å². The van der Waals surface area contributed by atoms with Gasteiger partial charge in [-0.1, -0.05) is 46.5 Å². The number of hydrogen-bond acceptors (Lipinski definition) is 0. The van der Waals surface area contributed by atoms with E-state index in [4.69, 9.17) is 0 Å². The minimum absolute atomic E-state index is 0.754. The van der Waals surface area contributed by atoms with Crippen LogP contribution >= 0.6 is 0 Å². The van der Waals surface area contributed by atoms with E-state index < -0.39 is 0 Å². The van der Waals surface area contributed by atoms with Gasteiger partial charge < -0.3 is 0 Å². The zero-order valence-corrected chi connectivity index (χ0v) is 11.6. The molecule has 0 aromatic heterocycles. The smallest absolute Gasteiger partial charge is 0.0297 e. The third-order valence-electron chi connectivity index (χ3n) is 5.48. The summed E-state index contributed by atoms with van der Waals surface area (Å²) in [4.78, 5) is 0. The predicted octanol–water partition coefficient (Wildman–Crippen LogP) is 5.42. The molecule has 0 heteroatoms. The summed E-state index contributed by atoms with van der Waals surface area (Å²) in [6.45, 7) is 7.34. The van der Waals surface area contributed by atoms with Crippen LogP contribution in [0, 0.1) is 23.2 Å². The van der Waals surface area contributed by atoms with E-state index in [0.29, 0.717) is 0 Å². The Hall–Kier alpha value is 0. The van der Waals surface area contributed by atoms with Crippen LogP contribution in [0.2, 0.25) is 0 Å². The Morgan fingerprint density at radius 2 is 1.81 bits per heavy atom. The average Bonchev–Trinajstić information content (AvgIpc) is 2.59. The Morgan fingerprint density at radius 1 is 1.19 bits per heavy atom. The highest BCUT2D eigenvalue weighted by atomic mass is 14.5. The third-order valence-corrected chi connectivity index (χ3v) is 5.48. The Morgan fingerprint density at radius 3 is 2.38 bits per heavy atom. The van der Waals surface area contributed by atoms with E-state index in [1.54, 1.807) is 12.8 Å². The molecule has 0 aromatic carbocycles. The van der Waals surface area contributed by atoms with E-state index in [9.17, 15) is 0 Å². The molecule has 0 aromatic rings. The van der Waals surface area contributed by atoms with E-state index in [1.807, 2.05) is 0 Å². The van der Waals surface area contributed by atoms with Gasteiger partial charge in [-0.15, -0.1) is 0 Å². The lowest BCUT2D eigenvalue weighted by Gasteiger charge is -2.46. The summed E-state index contributed by atoms with van der Waals surface area (Å²) in [5.41, 5.74) is 0.754. The van der Waals surface area contributed by atoms with Gasteiger partial charge in [0.1, 0.15) is 0 Å². The topological polar surface area (TPSA) is 0 Å². The minimum Gasteiger partial charge on any atom is -0.0654 e. The predicted molar refractivity (Wildman–Crippen MR) is 71.5 cm³/mol. The van der Waals surface area contributed by atoms with Gasteiger partial charge in [-0.3, -0.25) is 0 Å². The zero-order valence-electron chi connectivity index (χ0n) is 11.6. The van der Waals surface area contributed by atoms with Crippen LogP contribution in [0.25, 0.3) is 0 Å². The standard InChI is InChI=1S/C16H30/c1-4-7-13(2)10-14-11-15(12-14)16(3)8-5-6-9-16/h13-15H,4-12H2,1-3H3. The lowest BCUT2D eigenvalue weighted by molar-refractivity contribution is 0.0411. The Labute approximate surface area is 102 Å². The van der Waals surface area contributed by atoms with Gasteiger partial charge >= 0.3 is 0 Å². The summed E-state index contributed by atoms with van der Waals surface area (Å²) in [7, 11) is 0. The van der Waals surface area contributed by atoms with Crippen molar-refractivity contribution in [1.82, 2.24) is 0 Å². The van der Waals surface area contributed by atoms with Gasteiger partial charge in [-0.2, -0.15) is 0 Å². The van der Waals surface area contributed by atoms with Crippen molar-refractivity contribution in [1.29, 1.82) is 0 Å². The maximum absolute atomic E-state index is 2.57. The van der Waals surface area contributed by atoms with Crippen LogP contribution in [0.3, 0.4) is 0 Å². The Bertz CT molecular complexity index is 206. The third kappa shape index (κ3) is 2.63. The summed E-state index contributed by atoms with van der Waals surface area (Å²) >= 11 is 0. The molecule has 2 aliphatic carbocycles. The van der Waals surface area contributed by atoms with Gasteiger partial charge in [0.2, 0.25) is 0 Å². The molecule has 0 saturated heterocycles. The second-order valence-corrected chi connectivity index (χ2v) is 7.03. The largest absolute Gasteiger partial charge is 0.0654 e. The second kappa shape index (κ2) is 5.10. The fourth-order valence-electron chi connectivity index (χ4n) is 4.27. The average molecular weight is 222 g/mol. The molecule has 2 fully saturated rings. The van der Waals surface area contributed by atoms with Gasteiger partial charge in [0.05, 0.1) is 0 Å². The molecule has 94 valence electrons. The van der Waals surface area contributed by atoms with Gasteiger partial charge in [-0.05, 0) is 55.3 Å². The summed E-state index contributed by atoms with van der Waals surface area (Å²) in [6.07, 6.45) is 13.5. The van der Waals surface area contributed by atoms with Crippen molar-refractivity contribution in [2.75, 3.05) is 0 Å². The quantitative estimate of drug-likeness (QED) is 0.582. The summed E-state index contributed by atoms with van der Waals surface area (Å²) in [5.74, 6) is 3.16. The van der Waals surface area contributed by atoms with Crippen LogP contribution in [-0.4, -0.2) is 0 Å². The summed E-state index contributed by atoms with van der Waals surface area (Å²) in [6, 6.07) is 0. The molecule has 0 N–H and O–H groups in total. The van der Waals surface area contributed by atoms with Crippen molar-refractivity contribution in [3.05, 3.63) is 0 Å². The number of rotatable bonds is 5. The molecular formula is C16H30. The number of hydrogen-bond donors (Lipinski definition) is 0. The zero-order chi connectivity index (χ0) is 11.6. The molecule has 2 rings (SSSR count). The maximum Gasteiger partial charge on any atom is -0.0297 e. The molecule has 0 radical (unpaired) electrons. The molecule has 0 bridgehead atoms. The van der Waals surface area contributed by atoms with Crippen molar-refractivity contribution in [2.24, 2.45) is 23.2 Å². The first-order chi connectivity index (χ1) is 7.64. The first-order valence-electron chi connectivity index (χ1n) is 7.64. The molecular weight excluding hydrogens is 192 g/mol. The van der Waals surface area contributed by atoms with Crippen LogP contribution in [0.15, 0.2) is 0 Å². The van der Waals surface area contributed by atoms with Crippen LogP contribution in [0.5, 0.6) is 0 Å². The van der Waals surface area contributed by atoms with E-state index in [2.05, 4.69) is 20.8 Å². The van der Waals surface area contributed by atoms with Crippen LogP contribution in [-0.2, 0) is 0 Å². The molecule has 16 heavy (non-hydrogen) atoms. The lowest BCUT2D eigenvalue weighted by atomic mass is 9.59. The molecule has 0 aliphatic heterocycles. The molecule has 2 aliphatic rings. The molecule has 1 atom stereocenters. The van der Waals surface area contributed by atoms with E-state index in [1.165, 1.54) is 44.9 Å². The maximum atomic E-state index is 2.57. The van der Waals surface area contributed by atoms with Crippen LogP contribution in [0.1, 0.15) is 78.6 Å². The molecule has 0 amide bonds. The van der Waals surface area contributed by atoms with Crippen molar-refractivity contribution >= 4 is 0 Å². The molecule has 0 nitrogen and oxygen atoms in total. The molecule has 0 heterocycles. The first kappa shape index (κ1) is 12.5. The molecule has 2 saturated carbocycles. The molecule has 1 unspecified atom stereocenters. The monoisotopic (exact) mass is 222 g/mol. The first-order valence-corrected chi connectivity index (χ1v) is 7.64. The fourth-order valence-corrected chi connectivity index (χ4v) is 4.27. The highest BCUT2D eigenvalue weighted by Gasteiger charge is 2.43. The minimum atomic E-state index is 0.754. The fraction of sp³-hybridized carbons (Fsp3) is 1.00. The Balaban J connectivity index is 1.69. The summed E-state index contributed by atoms with van der Waals surface area (Å²) in [5, 5.41) is 0. The van der Waals surface area contributed by atoms with Gasteiger partial charge in [0.25, 0.3) is 0 Å². The highest BCUT2D eigenvalue weighted by molar-refractivity contribution is 4.94. The molecule has 0 spiro atoms. The SMILES string of the molecule is CCCC(C)CC1CC(C2(C)CCCC2)C1. The second-order valence-electron chi connectivity index (χ2n) is 7.03. The van der Waals surface area contributed by atoms with Crippen molar-refractivity contribution in [3.63, 3.8) is 0 Å². The van der Waals surface area contributed by atoms with Gasteiger partial charge in [0, 0.05) is 0 Å². The van der Waals surface area contributed by atoms with Crippen molar-refractivity contribution < 1.29 is 0 Å². The lowest BCUT2D eigenvalue weighted by Crippen LogP contribution is -2.36. The van der Waals surface area contributed by atoms with Crippen LogP contribution in [0.4, 0.5) is 0 Å². The Kier molecular flexibility index (Phi) is 3.97. The highest BCUT2D eigenvalue weighted by Crippen LogP contribution is 2.54. The van der Waals surface area contributed by atoms with Crippen LogP contribution < -0.4 is 0 Å². The van der Waals surface area contributed by atoms with Crippen molar-refractivity contribution in [2.45, 2.75) is 78.6 Å². The van der Waals surface area contributed by atoms with Gasteiger partial charge in [-0.25, -0.2) is 0 Å². The normalized spacial score (nSPS) is 34.7. The van der Waals surface area contributed by atoms with Gasteiger partial charge in [0.15, 0.2) is 0 Å². The summed E-state index contributed by atoms with van der Waals surface area (Å²) < 4.78 is 0. The van der Waals surface area contributed by atoms with E-state index in [-0.39, 0.29) is 0 Å².